The van der Waals surface area contributed by atoms with Crippen molar-refractivity contribution in [3.8, 4) is 0 Å². The van der Waals surface area contributed by atoms with Crippen molar-refractivity contribution in [2.75, 3.05) is 6.61 Å². The second-order valence-electron chi connectivity index (χ2n) is 20.0. The summed E-state index contributed by atoms with van der Waals surface area (Å²) in [5, 5.41) is 0. The van der Waals surface area contributed by atoms with Crippen LogP contribution < -0.4 is 0 Å². The normalized spacial score (nSPS) is 19.3. The molecule has 52 heavy (non-hydrogen) atoms. The summed E-state index contributed by atoms with van der Waals surface area (Å²) in [6.45, 7) is 49.1. The molecular formula is C28H80O11Si13. The third-order valence-electron chi connectivity index (χ3n) is 7.59. The summed E-state index contributed by atoms with van der Waals surface area (Å²) in [6, 6.07) is 0.647. The summed E-state index contributed by atoms with van der Waals surface area (Å²) in [5.74, 6) is -0.395. The molecule has 0 aliphatic heterocycles. The van der Waals surface area contributed by atoms with Crippen LogP contribution in [0, 0.1) is 0 Å². The van der Waals surface area contributed by atoms with E-state index in [1.807, 2.05) is 0 Å². The van der Waals surface area contributed by atoms with Crippen LogP contribution in [0.4, 0.5) is 0 Å². The van der Waals surface area contributed by atoms with Crippen molar-refractivity contribution in [3.05, 3.63) is 12.2 Å². The van der Waals surface area contributed by atoms with Gasteiger partial charge in [-0.25, -0.2) is 4.79 Å². The maximum absolute atomic E-state index is 12.7. The molecule has 0 aliphatic rings. The molecule has 3 atom stereocenters. The Morgan fingerprint density at radius 2 is 0.731 bits per heavy atom. The van der Waals surface area contributed by atoms with Crippen LogP contribution in [0.5, 0.6) is 0 Å². The van der Waals surface area contributed by atoms with Gasteiger partial charge in [0.15, 0.2) is 49.9 Å². The molecule has 310 valence electrons. The van der Waals surface area contributed by atoms with Crippen molar-refractivity contribution in [3.63, 3.8) is 0 Å². The highest BCUT2D eigenvalue weighted by atomic mass is 30.0. The average Bonchev–Trinajstić information content (AvgIpc) is 2.82. The summed E-state index contributed by atoms with van der Waals surface area (Å²) >= 11 is 0. The number of hydrogen-bond donors (Lipinski definition) is 0. The van der Waals surface area contributed by atoms with Gasteiger partial charge in [-0.15, -0.1) is 0 Å². The number of hydrogen-bond acceptors (Lipinski definition) is 11. The Hall–Kier alpha value is 1.67. The minimum Gasteiger partial charge on any atom is -0.462 e. The van der Waals surface area contributed by atoms with Gasteiger partial charge in [-0.2, -0.15) is 0 Å². The first-order valence-electron chi connectivity index (χ1n) is 18.6. The van der Waals surface area contributed by atoms with Gasteiger partial charge in [0.2, 0.25) is 6.63 Å². The first-order chi connectivity index (χ1) is 22.8. The molecule has 11 nitrogen and oxygen atoms in total. The van der Waals surface area contributed by atoms with Gasteiger partial charge in [-0.3, -0.25) is 0 Å². The van der Waals surface area contributed by atoms with Gasteiger partial charge in [0.1, 0.15) is 0 Å². The summed E-state index contributed by atoms with van der Waals surface area (Å²) in [6.07, 6.45) is 0.567. The van der Waals surface area contributed by atoms with Crippen molar-refractivity contribution in [2.24, 2.45) is 0 Å². The molecule has 0 spiro atoms. The molecule has 0 aromatic carbocycles. The van der Waals surface area contributed by atoms with Gasteiger partial charge in [0.05, 0.1) is 6.61 Å². The van der Waals surface area contributed by atoms with E-state index < -0.39 is 117 Å². The Kier molecular flexibility index (Phi) is 20.7. The smallest absolute Gasteiger partial charge is 0.333 e. The standard InChI is InChI=1S/C28H80O11Si13/c1-27(2)28(29)30-25-24-26-52(49(21,37-46(12,13)14)34-40-31-43(3,4)5,50(22,38-47(15,16)17)35-41-32-44(6,7)8)51(23,39-48(18,19)20)36-42-33-45(9,10)11/h1,24-26,40-42H2,2-23H3. The molecule has 0 radical (unpaired) electrons. The highest BCUT2D eigenvalue weighted by Gasteiger charge is 2.81. The van der Waals surface area contributed by atoms with Gasteiger partial charge in [-0.05, 0) is 157 Å². The van der Waals surface area contributed by atoms with E-state index in [1.165, 1.54) is 0 Å². The average molecular weight is 958 g/mol. The lowest BCUT2D eigenvalue weighted by molar-refractivity contribution is -0.138. The molecular weight excluding hydrogens is 877 g/mol. The zero-order valence-corrected chi connectivity index (χ0v) is 51.7. The van der Waals surface area contributed by atoms with Gasteiger partial charge in [0, 0.05) is 5.57 Å². The first-order valence-corrected chi connectivity index (χ1v) is 54.7. The van der Waals surface area contributed by atoms with Crippen molar-refractivity contribution >= 4 is 117 Å². The molecule has 0 aromatic rings. The van der Waals surface area contributed by atoms with Crippen molar-refractivity contribution in [1.82, 2.24) is 0 Å². The summed E-state index contributed by atoms with van der Waals surface area (Å²) in [5.41, 5.74) is 0.376. The van der Waals surface area contributed by atoms with E-state index in [9.17, 15) is 4.79 Å². The van der Waals surface area contributed by atoms with Crippen LogP contribution in [0.15, 0.2) is 12.2 Å². The van der Waals surface area contributed by atoms with E-state index in [1.54, 1.807) is 6.92 Å². The third-order valence-corrected chi connectivity index (χ3v) is 92.6. The summed E-state index contributed by atoms with van der Waals surface area (Å²) in [7, 11) is -27.4. The van der Waals surface area contributed by atoms with E-state index in [0.717, 1.165) is 0 Å². The topological polar surface area (TPSA) is 109 Å². The number of ether oxygens (including phenoxy) is 1. The molecule has 0 aromatic heterocycles. The van der Waals surface area contributed by atoms with Crippen LogP contribution in [0.1, 0.15) is 13.3 Å². The van der Waals surface area contributed by atoms with Crippen molar-refractivity contribution in [2.45, 2.75) is 157 Å². The fourth-order valence-corrected chi connectivity index (χ4v) is 118. The Morgan fingerprint density at radius 1 is 0.462 bits per heavy atom. The van der Waals surface area contributed by atoms with E-state index in [0.29, 0.717) is 18.0 Å². The maximum atomic E-state index is 12.7. The lowest BCUT2D eigenvalue weighted by Crippen LogP contribution is -2.93. The van der Waals surface area contributed by atoms with E-state index in [2.05, 4.69) is 144 Å². The lowest BCUT2D eigenvalue weighted by Gasteiger charge is -2.60. The highest BCUT2D eigenvalue weighted by Crippen LogP contribution is 2.46. The number of rotatable bonds is 26. The zero-order chi connectivity index (χ0) is 41.5. The van der Waals surface area contributed by atoms with Gasteiger partial charge in [-0.1, -0.05) is 6.58 Å². The minimum absolute atomic E-state index is 0.223. The van der Waals surface area contributed by atoms with Crippen LogP contribution in [-0.2, 0) is 46.6 Å². The Morgan fingerprint density at radius 3 is 0.942 bits per heavy atom. The predicted molar refractivity (Wildman–Crippen MR) is 251 cm³/mol. The fraction of sp³-hybridized carbons (Fsp3) is 0.893. The Balaban J connectivity index is 8.56. The molecule has 0 saturated heterocycles. The summed E-state index contributed by atoms with van der Waals surface area (Å²) in [4.78, 5) is 12.7. The second kappa shape index (κ2) is 20.1. The molecule has 0 heterocycles. The van der Waals surface area contributed by atoms with Gasteiger partial charge >= 0.3 is 30.2 Å². The molecule has 3 unspecified atom stereocenters. The predicted octanol–water partition coefficient (Wildman–Crippen LogP) is 6.55. The number of carbonyl (C=O) groups excluding carboxylic acids is 1. The van der Waals surface area contributed by atoms with E-state index in [-0.39, 0.29) is 6.61 Å². The molecule has 0 amide bonds. The summed E-state index contributed by atoms with van der Waals surface area (Å²) < 4.78 is 71.0. The van der Waals surface area contributed by atoms with E-state index in [4.69, 9.17) is 41.8 Å². The minimum atomic E-state index is -3.40. The number of esters is 1. The Bertz CT molecular complexity index is 1030. The van der Waals surface area contributed by atoms with Gasteiger partial charge < -0.3 is 41.8 Å². The van der Waals surface area contributed by atoms with Crippen LogP contribution in [0.2, 0.25) is 144 Å². The van der Waals surface area contributed by atoms with E-state index >= 15 is 0 Å². The van der Waals surface area contributed by atoms with Crippen molar-refractivity contribution < 1.29 is 46.6 Å². The molecule has 0 bridgehead atoms. The molecule has 0 saturated carbocycles. The zero-order valence-electron chi connectivity index (χ0n) is 37.4. The van der Waals surface area contributed by atoms with Crippen molar-refractivity contribution in [1.29, 1.82) is 0 Å². The monoisotopic (exact) mass is 956 g/mol. The largest absolute Gasteiger partial charge is 0.462 e. The molecule has 0 N–H and O–H groups in total. The number of carbonyl (C=O) groups is 1. The van der Waals surface area contributed by atoms with Crippen LogP contribution in [0.3, 0.4) is 0 Å². The molecule has 0 fully saturated rings. The highest BCUT2D eigenvalue weighted by molar-refractivity contribution is 7.86. The first kappa shape index (κ1) is 53.7. The Labute approximate surface area is 336 Å². The molecule has 0 aliphatic carbocycles. The third kappa shape index (κ3) is 19.4. The SMILES string of the molecule is C=C(C)C(=O)OCCC[Si]([Si](C)(O[SiH2]O[Si](C)(C)C)O[Si](C)(C)C)([Si](C)(O[SiH2]O[Si](C)(C)C)O[Si](C)(C)C)[Si](C)(O[SiH2]O[Si](C)(C)C)O[Si](C)(C)C. The van der Waals surface area contributed by atoms with Crippen LogP contribution >= 0.6 is 0 Å². The maximum Gasteiger partial charge on any atom is 0.333 e. The second-order valence-corrected chi connectivity index (χ2v) is 83.7. The lowest BCUT2D eigenvalue weighted by atomic mass is 10.4. The van der Waals surface area contributed by atoms with Gasteiger partial charge in [0.25, 0.3) is 30.0 Å². The van der Waals surface area contributed by atoms with Crippen LogP contribution in [0.25, 0.3) is 0 Å². The quantitative estimate of drug-likeness (QED) is 0.0408. The molecule has 0 rings (SSSR count). The fourth-order valence-electron chi connectivity index (χ4n) is 5.97. The van der Waals surface area contributed by atoms with Crippen LogP contribution in [-0.4, -0.2) is 123 Å². The molecule has 24 heteroatoms.